The van der Waals surface area contributed by atoms with Gasteiger partial charge in [-0.15, -0.1) is 0 Å². The third-order valence-corrected chi connectivity index (χ3v) is 11.6. The second-order valence-corrected chi connectivity index (χ2v) is 15.3. The number of nitrogens with zero attached hydrogens (tertiary/aromatic N) is 4. The van der Waals surface area contributed by atoms with Crippen LogP contribution in [0.2, 0.25) is 0 Å². The van der Waals surface area contributed by atoms with E-state index < -0.39 is 0 Å². The number of fused-ring (bicyclic) bond motifs is 6. The van der Waals surface area contributed by atoms with E-state index in [2.05, 4.69) is 146 Å². The van der Waals surface area contributed by atoms with Gasteiger partial charge in [-0.05, 0) is 69.8 Å². The van der Waals surface area contributed by atoms with Crippen LogP contribution in [0.5, 0.6) is 0 Å². The molecule has 4 aromatic heterocycles. The standard InChI is InChI=1S/C56H34N4O2/c1-3-17-35(18-4-1)37-21-15-23-39(33-37)49-53-51(45-29-11-13-31-47(45)61-53)60-56(57-49)44-28-10-8-26-42(44)41-25-7-9-27-43(41)50-54-52(46-30-12-14-32-48(46)62-54)59-55(58-50)40-24-16-22-38(34-40)36-19-5-2-6-20-36/h1-34H. The minimum atomic E-state index is 0.588. The molecule has 0 aliphatic heterocycles. The van der Waals surface area contributed by atoms with Crippen LogP contribution in [0, 0.1) is 0 Å². The van der Waals surface area contributed by atoms with Crippen molar-refractivity contribution in [3.8, 4) is 78.7 Å². The van der Waals surface area contributed by atoms with Crippen LogP contribution in [0.15, 0.2) is 215 Å². The summed E-state index contributed by atoms with van der Waals surface area (Å²) in [6, 6.07) is 70.4. The number of aromatic nitrogens is 4. The first kappa shape index (κ1) is 35.5. The lowest BCUT2D eigenvalue weighted by Gasteiger charge is -2.15. The van der Waals surface area contributed by atoms with Gasteiger partial charge in [0.2, 0.25) is 0 Å². The Morgan fingerprint density at radius 3 is 1.32 bits per heavy atom. The van der Waals surface area contributed by atoms with Crippen LogP contribution in [0.4, 0.5) is 0 Å². The van der Waals surface area contributed by atoms with Gasteiger partial charge in [0.05, 0.1) is 0 Å². The van der Waals surface area contributed by atoms with Crippen molar-refractivity contribution in [1.82, 2.24) is 19.9 Å². The maximum Gasteiger partial charge on any atom is 0.180 e. The van der Waals surface area contributed by atoms with Gasteiger partial charge >= 0.3 is 0 Å². The Morgan fingerprint density at radius 2 is 0.694 bits per heavy atom. The Hall–Kier alpha value is -8.48. The molecule has 0 radical (unpaired) electrons. The van der Waals surface area contributed by atoms with Crippen LogP contribution >= 0.6 is 0 Å². The van der Waals surface area contributed by atoms with Crippen LogP contribution in [0.25, 0.3) is 123 Å². The number of hydrogen-bond donors (Lipinski definition) is 0. The minimum absolute atomic E-state index is 0.588. The second-order valence-electron chi connectivity index (χ2n) is 15.3. The van der Waals surface area contributed by atoms with Crippen molar-refractivity contribution in [3.05, 3.63) is 206 Å². The monoisotopic (exact) mass is 794 g/mol. The molecule has 6 heteroatoms. The molecule has 0 saturated heterocycles. The maximum absolute atomic E-state index is 6.65. The Morgan fingerprint density at radius 1 is 0.274 bits per heavy atom. The molecule has 0 saturated carbocycles. The third-order valence-electron chi connectivity index (χ3n) is 11.6. The van der Waals surface area contributed by atoms with Crippen molar-refractivity contribution in [1.29, 1.82) is 0 Å². The molecule has 0 aliphatic rings. The zero-order valence-corrected chi connectivity index (χ0v) is 33.2. The average Bonchev–Trinajstić information content (AvgIpc) is 3.93. The molecular weight excluding hydrogens is 761 g/mol. The Bertz CT molecular complexity index is 3650. The van der Waals surface area contributed by atoms with E-state index in [1.807, 2.05) is 60.7 Å². The first-order valence-electron chi connectivity index (χ1n) is 20.6. The summed E-state index contributed by atoms with van der Waals surface area (Å²) in [7, 11) is 0. The fraction of sp³-hybridized carbons (Fsp3) is 0. The summed E-state index contributed by atoms with van der Waals surface area (Å²) in [4.78, 5) is 21.3. The fourth-order valence-corrected chi connectivity index (χ4v) is 8.59. The average molecular weight is 795 g/mol. The molecular formula is C56H34N4O2. The predicted molar refractivity (Wildman–Crippen MR) is 250 cm³/mol. The molecule has 62 heavy (non-hydrogen) atoms. The molecule has 0 amide bonds. The number of furan rings is 2. The molecule has 4 heterocycles. The first-order valence-corrected chi connectivity index (χ1v) is 20.6. The predicted octanol–water partition coefficient (Wildman–Crippen LogP) is 14.7. The highest BCUT2D eigenvalue weighted by atomic mass is 16.3. The maximum atomic E-state index is 6.65. The molecule has 290 valence electrons. The molecule has 0 unspecified atom stereocenters. The van der Waals surface area contributed by atoms with Crippen LogP contribution in [-0.2, 0) is 0 Å². The lowest BCUT2D eigenvalue weighted by atomic mass is 9.93. The van der Waals surface area contributed by atoms with Crippen molar-refractivity contribution in [2.24, 2.45) is 0 Å². The molecule has 12 rings (SSSR count). The van der Waals surface area contributed by atoms with Gasteiger partial charge < -0.3 is 8.83 Å². The molecule has 8 aromatic carbocycles. The minimum Gasteiger partial charge on any atom is -0.452 e. The summed E-state index contributed by atoms with van der Waals surface area (Å²) >= 11 is 0. The highest BCUT2D eigenvalue weighted by molar-refractivity contribution is 6.10. The number of benzene rings is 8. The molecule has 6 nitrogen and oxygen atoms in total. The molecule has 0 atom stereocenters. The number of rotatable bonds is 7. The largest absolute Gasteiger partial charge is 0.452 e. The quantitative estimate of drug-likeness (QED) is 0.160. The third kappa shape index (κ3) is 6.04. The van der Waals surface area contributed by atoms with Crippen molar-refractivity contribution < 1.29 is 8.83 Å². The lowest BCUT2D eigenvalue weighted by molar-refractivity contribution is 0.667. The van der Waals surface area contributed by atoms with E-state index in [-0.39, 0.29) is 0 Å². The summed E-state index contributed by atoms with van der Waals surface area (Å²) in [5.74, 6) is 1.20. The molecule has 0 spiro atoms. The Balaban J connectivity index is 1.07. The van der Waals surface area contributed by atoms with Crippen molar-refractivity contribution in [2.75, 3.05) is 0 Å². The summed E-state index contributed by atoms with van der Waals surface area (Å²) in [6.07, 6.45) is 0. The second kappa shape index (κ2) is 14.7. The Kier molecular flexibility index (Phi) is 8.38. The Labute approximate surface area is 356 Å². The topological polar surface area (TPSA) is 77.8 Å². The van der Waals surface area contributed by atoms with Crippen molar-refractivity contribution in [2.45, 2.75) is 0 Å². The normalized spacial score (nSPS) is 11.5. The molecule has 12 aromatic rings. The summed E-state index contributed by atoms with van der Waals surface area (Å²) in [5, 5.41) is 1.86. The van der Waals surface area contributed by atoms with E-state index in [0.717, 1.165) is 94.3 Å². The molecule has 0 aliphatic carbocycles. The van der Waals surface area contributed by atoms with Gasteiger partial charge in [0.1, 0.15) is 33.6 Å². The summed E-state index contributed by atoms with van der Waals surface area (Å²) < 4.78 is 13.2. The van der Waals surface area contributed by atoms with E-state index in [1.165, 1.54) is 0 Å². The van der Waals surface area contributed by atoms with E-state index in [9.17, 15) is 0 Å². The highest BCUT2D eigenvalue weighted by Crippen LogP contribution is 2.43. The number of hydrogen-bond acceptors (Lipinski definition) is 6. The van der Waals surface area contributed by atoms with Crippen LogP contribution in [-0.4, -0.2) is 19.9 Å². The van der Waals surface area contributed by atoms with Gasteiger partial charge in [-0.2, -0.15) is 0 Å². The molecule has 0 bridgehead atoms. The van der Waals surface area contributed by atoms with Gasteiger partial charge in [-0.25, -0.2) is 19.9 Å². The van der Waals surface area contributed by atoms with E-state index in [4.69, 9.17) is 28.8 Å². The van der Waals surface area contributed by atoms with E-state index in [1.54, 1.807) is 0 Å². The van der Waals surface area contributed by atoms with Gasteiger partial charge in [-0.1, -0.05) is 170 Å². The van der Waals surface area contributed by atoms with Gasteiger partial charge in [-0.3, -0.25) is 0 Å². The SMILES string of the molecule is c1ccc(-c2cccc(-c3nc(-c4ccccc4-c4ccccc4-c4nc(-c5cccc(-c6ccccc6)c5)c5oc6ccccc6c5n4)c4oc5ccccc5c4n3)c2)cc1. The van der Waals surface area contributed by atoms with E-state index in [0.29, 0.717) is 28.5 Å². The first-order chi connectivity index (χ1) is 30.7. The summed E-state index contributed by atoms with van der Waals surface area (Å²) in [5.41, 5.74) is 15.7. The number of para-hydroxylation sites is 2. The van der Waals surface area contributed by atoms with Gasteiger partial charge in [0, 0.05) is 33.0 Å². The van der Waals surface area contributed by atoms with Crippen molar-refractivity contribution in [3.63, 3.8) is 0 Å². The highest BCUT2D eigenvalue weighted by Gasteiger charge is 2.24. The summed E-state index contributed by atoms with van der Waals surface area (Å²) in [6.45, 7) is 0. The van der Waals surface area contributed by atoms with Crippen LogP contribution < -0.4 is 0 Å². The van der Waals surface area contributed by atoms with Crippen LogP contribution in [0.3, 0.4) is 0 Å². The fourth-order valence-electron chi connectivity index (χ4n) is 8.59. The molecule has 0 N–H and O–H groups in total. The van der Waals surface area contributed by atoms with Gasteiger partial charge in [0.15, 0.2) is 22.8 Å². The van der Waals surface area contributed by atoms with Crippen molar-refractivity contribution >= 4 is 44.1 Å². The van der Waals surface area contributed by atoms with E-state index >= 15 is 0 Å². The zero-order chi connectivity index (χ0) is 41.0. The molecule has 0 fully saturated rings. The zero-order valence-electron chi connectivity index (χ0n) is 33.2. The van der Waals surface area contributed by atoms with Gasteiger partial charge in [0.25, 0.3) is 0 Å². The lowest BCUT2D eigenvalue weighted by Crippen LogP contribution is -1.98. The smallest absolute Gasteiger partial charge is 0.180 e. The van der Waals surface area contributed by atoms with Crippen LogP contribution in [0.1, 0.15) is 0 Å².